The molecule has 0 bridgehead atoms. The Morgan fingerprint density at radius 1 is 0.588 bits per heavy atom. The number of hydrogen-bond acceptors (Lipinski definition) is 3. The Labute approximate surface area is 208 Å². The summed E-state index contributed by atoms with van der Waals surface area (Å²) in [6.07, 6.45) is 17.2. The Balaban J connectivity index is 1.64. The van der Waals surface area contributed by atoms with Gasteiger partial charge in [0.25, 0.3) is 0 Å². The predicted molar refractivity (Wildman–Crippen MR) is 144 cm³/mol. The second-order valence-corrected chi connectivity index (χ2v) is 9.61. The van der Waals surface area contributed by atoms with Crippen LogP contribution in [-0.4, -0.2) is 24.4 Å². The molecule has 0 spiro atoms. The van der Waals surface area contributed by atoms with Gasteiger partial charge < -0.3 is 14.6 Å². The number of unbranched alkanes of at least 4 members (excludes halogenated alkanes) is 10. The number of rotatable bonds is 20. The molecule has 0 aliphatic carbocycles. The van der Waals surface area contributed by atoms with Crippen molar-refractivity contribution >= 4 is 0 Å². The van der Waals surface area contributed by atoms with Gasteiger partial charge in [0.15, 0.2) is 0 Å². The summed E-state index contributed by atoms with van der Waals surface area (Å²) in [7, 11) is 0. The molecule has 0 amide bonds. The first-order chi connectivity index (χ1) is 16.7. The lowest BCUT2D eigenvalue weighted by Crippen LogP contribution is -2.25. The maximum Gasteiger partial charge on any atom is 0.122 e. The molecule has 0 aromatic heterocycles. The van der Waals surface area contributed by atoms with Gasteiger partial charge in [0, 0.05) is 0 Å². The molecule has 1 N–H and O–H groups in total. The van der Waals surface area contributed by atoms with E-state index < -0.39 is 6.10 Å². The summed E-state index contributed by atoms with van der Waals surface area (Å²) in [5.41, 5.74) is 2.61. The first kappa shape index (κ1) is 28.2. The average Bonchev–Trinajstić information content (AvgIpc) is 2.86. The van der Waals surface area contributed by atoms with E-state index in [1.165, 1.54) is 88.2 Å². The number of aliphatic hydroxyl groups is 1. The van der Waals surface area contributed by atoms with Crippen molar-refractivity contribution in [1.29, 1.82) is 0 Å². The van der Waals surface area contributed by atoms with Crippen molar-refractivity contribution in [2.45, 2.75) is 110 Å². The van der Waals surface area contributed by atoms with Crippen molar-refractivity contribution in [3.63, 3.8) is 0 Å². The van der Waals surface area contributed by atoms with Crippen molar-refractivity contribution in [1.82, 2.24) is 0 Å². The Bertz CT molecular complexity index is 694. The van der Waals surface area contributed by atoms with Crippen molar-refractivity contribution < 1.29 is 14.6 Å². The molecular formula is C31H48O3. The van der Waals surface area contributed by atoms with Crippen molar-refractivity contribution in [2.75, 3.05) is 13.2 Å². The fourth-order valence-electron chi connectivity index (χ4n) is 4.23. The third kappa shape index (κ3) is 13.0. The van der Waals surface area contributed by atoms with E-state index in [9.17, 15) is 5.11 Å². The lowest BCUT2D eigenvalue weighted by Gasteiger charge is -2.15. The number of benzene rings is 2. The van der Waals surface area contributed by atoms with Gasteiger partial charge in [-0.15, -0.1) is 0 Å². The molecule has 3 nitrogen and oxygen atoms in total. The first-order valence-electron chi connectivity index (χ1n) is 13.8. The van der Waals surface area contributed by atoms with Gasteiger partial charge in [-0.1, -0.05) is 102 Å². The van der Waals surface area contributed by atoms with Crippen LogP contribution in [0.1, 0.15) is 102 Å². The standard InChI is InChI=1S/C31H48O3/c1-3-5-7-9-11-13-17-27-19-15-21-30(23-27)33-25-29(32)26-34-31-22-16-20-28(24-31)18-14-12-10-8-6-4-2/h15-16,19-24,29,32H,3-14,17-18,25-26H2,1-2H3. The summed E-state index contributed by atoms with van der Waals surface area (Å²) in [5, 5.41) is 10.3. The van der Waals surface area contributed by atoms with Crippen LogP contribution in [0.25, 0.3) is 0 Å². The molecule has 3 heteroatoms. The lowest BCUT2D eigenvalue weighted by molar-refractivity contribution is 0.0626. The van der Waals surface area contributed by atoms with E-state index in [-0.39, 0.29) is 13.2 Å². The quantitative estimate of drug-likeness (QED) is 0.199. The summed E-state index contributed by atoms with van der Waals surface area (Å²) >= 11 is 0. The van der Waals surface area contributed by atoms with E-state index in [0.717, 1.165) is 24.3 Å². The number of aliphatic hydroxyl groups excluding tert-OH is 1. The summed E-state index contributed by atoms with van der Waals surface area (Å²) in [5.74, 6) is 1.65. The minimum atomic E-state index is -0.663. The highest BCUT2D eigenvalue weighted by Gasteiger charge is 2.08. The van der Waals surface area contributed by atoms with Crippen LogP contribution in [0.3, 0.4) is 0 Å². The van der Waals surface area contributed by atoms with Crippen LogP contribution in [0.2, 0.25) is 0 Å². The fourth-order valence-corrected chi connectivity index (χ4v) is 4.23. The zero-order valence-corrected chi connectivity index (χ0v) is 21.8. The second kappa shape index (κ2) is 18.3. The van der Waals surface area contributed by atoms with E-state index in [4.69, 9.17) is 9.47 Å². The van der Waals surface area contributed by atoms with Gasteiger partial charge in [-0.2, -0.15) is 0 Å². The van der Waals surface area contributed by atoms with Gasteiger partial charge in [-0.25, -0.2) is 0 Å². The van der Waals surface area contributed by atoms with Crippen LogP contribution in [0.15, 0.2) is 48.5 Å². The molecular weight excluding hydrogens is 420 g/mol. The van der Waals surface area contributed by atoms with E-state index in [1.54, 1.807) is 0 Å². The SMILES string of the molecule is CCCCCCCCc1cccc(OCC(O)COc2cccc(CCCCCCCC)c2)c1. The molecule has 0 aliphatic rings. The van der Waals surface area contributed by atoms with Gasteiger partial charge in [-0.3, -0.25) is 0 Å². The van der Waals surface area contributed by atoms with Gasteiger partial charge in [0.1, 0.15) is 30.8 Å². The van der Waals surface area contributed by atoms with E-state index in [0.29, 0.717) is 0 Å². The molecule has 2 aromatic carbocycles. The van der Waals surface area contributed by atoms with Crippen molar-refractivity contribution in [2.24, 2.45) is 0 Å². The van der Waals surface area contributed by atoms with Crippen molar-refractivity contribution in [3.8, 4) is 11.5 Å². The zero-order valence-electron chi connectivity index (χ0n) is 21.8. The fraction of sp³-hybridized carbons (Fsp3) is 0.613. The molecule has 190 valence electrons. The summed E-state index contributed by atoms with van der Waals surface area (Å²) in [6.45, 7) is 4.98. The van der Waals surface area contributed by atoms with Gasteiger partial charge >= 0.3 is 0 Å². The molecule has 0 aliphatic heterocycles. The third-order valence-electron chi connectivity index (χ3n) is 6.32. The number of hydrogen-bond donors (Lipinski definition) is 1. The molecule has 34 heavy (non-hydrogen) atoms. The predicted octanol–water partition coefficient (Wildman–Crippen LogP) is 8.31. The monoisotopic (exact) mass is 468 g/mol. The van der Waals surface area contributed by atoms with Crippen LogP contribution in [0.4, 0.5) is 0 Å². The summed E-state index contributed by atoms with van der Waals surface area (Å²) < 4.78 is 11.7. The highest BCUT2D eigenvalue weighted by atomic mass is 16.5. The molecule has 2 rings (SSSR count). The maximum atomic E-state index is 10.3. The molecule has 0 atom stereocenters. The lowest BCUT2D eigenvalue weighted by atomic mass is 10.0. The Hall–Kier alpha value is -2.00. The summed E-state index contributed by atoms with van der Waals surface area (Å²) in [4.78, 5) is 0. The minimum absolute atomic E-state index is 0.234. The second-order valence-electron chi connectivity index (χ2n) is 9.61. The van der Waals surface area contributed by atoms with Gasteiger partial charge in [-0.05, 0) is 61.1 Å². The molecule has 2 aromatic rings. The highest BCUT2D eigenvalue weighted by molar-refractivity contribution is 5.29. The van der Waals surface area contributed by atoms with E-state index in [1.807, 2.05) is 24.3 Å². The Morgan fingerprint density at radius 3 is 1.44 bits per heavy atom. The minimum Gasteiger partial charge on any atom is -0.491 e. The Morgan fingerprint density at radius 2 is 1.00 bits per heavy atom. The van der Waals surface area contributed by atoms with Gasteiger partial charge in [0.05, 0.1) is 0 Å². The average molecular weight is 469 g/mol. The Kier molecular flexibility index (Phi) is 15.2. The molecule has 0 saturated heterocycles. The zero-order chi connectivity index (χ0) is 24.3. The molecule has 0 radical (unpaired) electrons. The van der Waals surface area contributed by atoms with E-state index in [2.05, 4.69) is 38.1 Å². The van der Waals surface area contributed by atoms with Gasteiger partial charge in [0.2, 0.25) is 0 Å². The largest absolute Gasteiger partial charge is 0.491 e. The third-order valence-corrected chi connectivity index (χ3v) is 6.32. The van der Waals surface area contributed by atoms with Crippen molar-refractivity contribution in [3.05, 3.63) is 59.7 Å². The van der Waals surface area contributed by atoms with Crippen LogP contribution in [0, 0.1) is 0 Å². The first-order valence-corrected chi connectivity index (χ1v) is 13.8. The van der Waals surface area contributed by atoms with Crippen LogP contribution < -0.4 is 9.47 Å². The molecule has 0 saturated carbocycles. The van der Waals surface area contributed by atoms with Crippen LogP contribution in [0.5, 0.6) is 11.5 Å². The smallest absolute Gasteiger partial charge is 0.122 e. The normalized spacial score (nSPS) is 11.2. The number of aryl methyl sites for hydroxylation is 2. The molecule has 0 heterocycles. The number of ether oxygens (including phenoxy) is 2. The topological polar surface area (TPSA) is 38.7 Å². The van der Waals surface area contributed by atoms with E-state index >= 15 is 0 Å². The molecule has 0 fully saturated rings. The highest BCUT2D eigenvalue weighted by Crippen LogP contribution is 2.18. The van der Waals surface area contributed by atoms with Crippen LogP contribution >= 0.6 is 0 Å². The summed E-state index contributed by atoms with van der Waals surface area (Å²) in [6, 6.07) is 16.5. The maximum absolute atomic E-state index is 10.3. The van der Waals surface area contributed by atoms with Crippen LogP contribution in [-0.2, 0) is 12.8 Å². The molecule has 0 unspecified atom stereocenters.